The first kappa shape index (κ1) is 20.0. The Morgan fingerprint density at radius 2 is 1.71 bits per heavy atom. The second-order valence-electron chi connectivity index (χ2n) is 6.01. The summed E-state index contributed by atoms with van der Waals surface area (Å²) in [7, 11) is -2.10. The Balaban J connectivity index is 1.63. The molecule has 6 nitrogen and oxygen atoms in total. The van der Waals surface area contributed by atoms with Crippen LogP contribution in [0.2, 0.25) is 5.02 Å². The fourth-order valence-electron chi connectivity index (χ4n) is 2.50. The predicted octanol–water partition coefficient (Wildman–Crippen LogP) is 3.85. The topological polar surface area (TPSA) is 85.6 Å². The first-order valence-electron chi connectivity index (χ1n) is 8.35. The molecule has 8 heteroatoms. The summed E-state index contributed by atoms with van der Waals surface area (Å²) >= 11 is 5.83. The Hall–Kier alpha value is -2.77. The smallest absolute Gasteiger partial charge is 0.287 e. The van der Waals surface area contributed by atoms with Crippen LogP contribution in [0.1, 0.15) is 21.9 Å². The van der Waals surface area contributed by atoms with Gasteiger partial charge in [-0.2, -0.15) is 0 Å². The molecule has 0 aliphatic heterocycles. The lowest BCUT2D eigenvalue weighted by atomic mass is 10.2. The summed E-state index contributed by atoms with van der Waals surface area (Å²) in [6.45, 7) is 0.302. The molecule has 1 N–H and O–H groups in total. The molecule has 0 fully saturated rings. The normalized spacial score (nSPS) is 11.2. The lowest BCUT2D eigenvalue weighted by Gasteiger charge is -2.05. The van der Waals surface area contributed by atoms with E-state index in [4.69, 9.17) is 20.8 Å². The van der Waals surface area contributed by atoms with Crippen molar-refractivity contribution in [2.45, 2.75) is 17.2 Å². The third-order valence-electron chi connectivity index (χ3n) is 4.00. The maximum atomic E-state index is 12.5. The van der Waals surface area contributed by atoms with Crippen LogP contribution in [-0.2, 0) is 22.1 Å². The highest BCUT2D eigenvalue weighted by atomic mass is 35.5. The van der Waals surface area contributed by atoms with Gasteiger partial charge < -0.3 is 14.5 Å². The minimum Gasteiger partial charge on any atom is -0.497 e. The fraction of sp³-hybridized carbons (Fsp3) is 0.150. The summed E-state index contributed by atoms with van der Waals surface area (Å²) in [6, 6.07) is 16.1. The number of halogens is 1. The lowest BCUT2D eigenvalue weighted by Crippen LogP contribution is -2.22. The van der Waals surface area contributed by atoms with Crippen LogP contribution in [0.3, 0.4) is 0 Å². The van der Waals surface area contributed by atoms with Crippen molar-refractivity contribution < 1.29 is 22.4 Å². The summed E-state index contributed by atoms with van der Waals surface area (Å²) in [6.07, 6.45) is 0. The highest BCUT2D eigenvalue weighted by Gasteiger charge is 2.19. The number of amides is 1. The average molecular weight is 420 g/mol. The van der Waals surface area contributed by atoms with E-state index < -0.39 is 15.7 Å². The molecule has 1 aromatic heterocycles. The third kappa shape index (κ3) is 4.94. The fourth-order valence-corrected chi connectivity index (χ4v) is 3.88. The van der Waals surface area contributed by atoms with Crippen LogP contribution in [0.15, 0.2) is 70.0 Å². The largest absolute Gasteiger partial charge is 0.497 e. The van der Waals surface area contributed by atoms with Gasteiger partial charge in [0.1, 0.15) is 17.3 Å². The van der Waals surface area contributed by atoms with Crippen molar-refractivity contribution in [3.63, 3.8) is 0 Å². The monoisotopic (exact) mass is 419 g/mol. The average Bonchev–Trinajstić information content (AvgIpc) is 3.15. The number of hydrogen-bond donors (Lipinski definition) is 1. The Labute approximate surface area is 168 Å². The van der Waals surface area contributed by atoms with Gasteiger partial charge in [-0.1, -0.05) is 23.7 Å². The van der Waals surface area contributed by atoms with E-state index in [0.29, 0.717) is 17.3 Å². The van der Waals surface area contributed by atoms with Crippen LogP contribution in [0.25, 0.3) is 0 Å². The van der Waals surface area contributed by atoms with E-state index in [0.717, 1.165) is 5.56 Å². The summed E-state index contributed by atoms with van der Waals surface area (Å²) in [5, 5.41) is 3.33. The summed E-state index contributed by atoms with van der Waals surface area (Å²) in [5.41, 5.74) is 0.881. The molecule has 0 saturated heterocycles. The maximum absolute atomic E-state index is 12.5. The van der Waals surface area contributed by atoms with Crippen LogP contribution < -0.4 is 10.1 Å². The van der Waals surface area contributed by atoms with Gasteiger partial charge in [0.15, 0.2) is 15.6 Å². The zero-order valence-corrected chi connectivity index (χ0v) is 16.6. The van der Waals surface area contributed by atoms with Crippen molar-refractivity contribution >= 4 is 27.3 Å². The van der Waals surface area contributed by atoms with Crippen LogP contribution in [0.4, 0.5) is 0 Å². The van der Waals surface area contributed by atoms with Gasteiger partial charge in [0, 0.05) is 11.6 Å². The second-order valence-corrected chi connectivity index (χ2v) is 8.44. The van der Waals surface area contributed by atoms with Crippen LogP contribution >= 0.6 is 11.6 Å². The van der Waals surface area contributed by atoms with E-state index in [1.807, 2.05) is 0 Å². The number of carbonyl (C=O) groups is 1. The number of sulfone groups is 1. The molecular formula is C20H18ClNO5S. The zero-order valence-electron chi connectivity index (χ0n) is 15.0. The van der Waals surface area contributed by atoms with Crippen molar-refractivity contribution in [1.29, 1.82) is 0 Å². The number of ether oxygens (including phenoxy) is 1. The molecule has 3 rings (SSSR count). The molecule has 0 unspecified atom stereocenters. The van der Waals surface area contributed by atoms with Gasteiger partial charge >= 0.3 is 0 Å². The molecular weight excluding hydrogens is 402 g/mol. The molecule has 28 heavy (non-hydrogen) atoms. The Morgan fingerprint density at radius 1 is 1.04 bits per heavy atom. The number of rotatable bonds is 7. The molecule has 0 spiro atoms. The number of nitrogens with one attached hydrogen (secondary N) is 1. The number of furan rings is 1. The Morgan fingerprint density at radius 3 is 2.36 bits per heavy atom. The van der Waals surface area contributed by atoms with E-state index in [1.54, 1.807) is 36.4 Å². The number of hydrogen-bond acceptors (Lipinski definition) is 5. The summed E-state index contributed by atoms with van der Waals surface area (Å²) < 4.78 is 35.5. The van der Waals surface area contributed by atoms with Gasteiger partial charge in [0.2, 0.25) is 0 Å². The molecule has 0 aliphatic rings. The molecule has 1 amide bonds. The lowest BCUT2D eigenvalue weighted by molar-refractivity contribution is 0.0921. The van der Waals surface area contributed by atoms with Gasteiger partial charge in [-0.25, -0.2) is 8.42 Å². The minimum absolute atomic E-state index is 0.0499. The first-order valence-corrected chi connectivity index (χ1v) is 10.4. The molecule has 2 aromatic carbocycles. The van der Waals surface area contributed by atoms with E-state index in [-0.39, 0.29) is 22.2 Å². The summed E-state index contributed by atoms with van der Waals surface area (Å²) in [5.74, 6) is 0.0325. The molecule has 0 aliphatic carbocycles. The van der Waals surface area contributed by atoms with Crippen LogP contribution in [0.5, 0.6) is 5.75 Å². The number of carbonyl (C=O) groups excluding carboxylic acids is 1. The van der Waals surface area contributed by atoms with Crippen molar-refractivity contribution in [1.82, 2.24) is 5.32 Å². The standard InChI is InChI=1S/C20H18ClNO5S/c1-26-16-6-9-18(10-7-16)28(24,25)13-17-8-11-19(27-17)20(23)22-12-14-2-4-15(21)5-3-14/h2-11H,12-13H2,1H3,(H,22,23). The molecule has 0 atom stereocenters. The molecule has 0 saturated carbocycles. The minimum atomic E-state index is -3.60. The van der Waals surface area contributed by atoms with Gasteiger partial charge in [-0.05, 0) is 54.1 Å². The molecule has 0 radical (unpaired) electrons. The summed E-state index contributed by atoms with van der Waals surface area (Å²) in [4.78, 5) is 12.4. The van der Waals surface area contributed by atoms with Gasteiger partial charge in [-0.15, -0.1) is 0 Å². The quantitative estimate of drug-likeness (QED) is 0.628. The van der Waals surface area contributed by atoms with Gasteiger partial charge in [0.05, 0.1) is 12.0 Å². The second kappa shape index (κ2) is 8.50. The van der Waals surface area contributed by atoms with Crippen molar-refractivity contribution in [2.24, 2.45) is 0 Å². The molecule has 0 bridgehead atoms. The highest BCUT2D eigenvalue weighted by molar-refractivity contribution is 7.90. The predicted molar refractivity (Wildman–Crippen MR) is 105 cm³/mol. The maximum Gasteiger partial charge on any atom is 0.287 e. The van der Waals surface area contributed by atoms with Gasteiger partial charge in [0.25, 0.3) is 5.91 Å². The number of methoxy groups -OCH3 is 1. The zero-order chi connectivity index (χ0) is 20.1. The Bertz CT molecular complexity index is 1060. The highest BCUT2D eigenvalue weighted by Crippen LogP contribution is 2.21. The SMILES string of the molecule is COc1ccc(S(=O)(=O)Cc2ccc(C(=O)NCc3ccc(Cl)cc3)o2)cc1. The first-order chi connectivity index (χ1) is 13.4. The van der Waals surface area contributed by atoms with Crippen molar-refractivity contribution in [3.05, 3.63) is 82.8 Å². The van der Waals surface area contributed by atoms with Crippen LogP contribution in [0, 0.1) is 0 Å². The number of benzene rings is 2. The molecule has 3 aromatic rings. The van der Waals surface area contributed by atoms with Crippen molar-refractivity contribution in [2.75, 3.05) is 7.11 Å². The molecule has 146 valence electrons. The van der Waals surface area contributed by atoms with Crippen LogP contribution in [-0.4, -0.2) is 21.4 Å². The molecule has 1 heterocycles. The van der Waals surface area contributed by atoms with E-state index in [9.17, 15) is 13.2 Å². The Kier molecular flexibility index (Phi) is 6.06. The van der Waals surface area contributed by atoms with E-state index in [1.165, 1.54) is 31.4 Å². The van der Waals surface area contributed by atoms with E-state index >= 15 is 0 Å². The van der Waals surface area contributed by atoms with Crippen molar-refractivity contribution in [3.8, 4) is 5.75 Å². The van der Waals surface area contributed by atoms with Gasteiger partial charge in [-0.3, -0.25) is 4.79 Å². The third-order valence-corrected chi connectivity index (χ3v) is 5.91. The van der Waals surface area contributed by atoms with E-state index in [2.05, 4.69) is 5.32 Å².